The van der Waals surface area contributed by atoms with E-state index in [0.717, 1.165) is 16.2 Å². The van der Waals surface area contributed by atoms with Crippen LogP contribution in [0.1, 0.15) is 11.1 Å². The van der Waals surface area contributed by atoms with Gasteiger partial charge in [0.2, 0.25) is 5.13 Å². The van der Waals surface area contributed by atoms with Crippen LogP contribution in [0.4, 0.5) is 5.13 Å². The van der Waals surface area contributed by atoms with E-state index < -0.39 is 0 Å². The monoisotopic (exact) mass is 252 g/mol. The molecule has 0 unspecified atom stereocenters. The van der Waals surface area contributed by atoms with E-state index in [-0.39, 0.29) is 0 Å². The number of thiazole rings is 1. The Kier molecular flexibility index (Phi) is 2.90. The Labute approximate surface area is 110 Å². The lowest BCUT2D eigenvalue weighted by atomic mass is 10.2. The summed E-state index contributed by atoms with van der Waals surface area (Å²) in [6.45, 7) is 2.08. The van der Waals surface area contributed by atoms with E-state index in [1.54, 1.807) is 11.3 Å². The van der Waals surface area contributed by atoms with Crippen LogP contribution in [0.2, 0.25) is 0 Å². The number of hydrogen-bond donors (Lipinski definition) is 0. The van der Waals surface area contributed by atoms with Crippen LogP contribution in [0.25, 0.3) is 10.2 Å². The van der Waals surface area contributed by atoms with E-state index in [0.29, 0.717) is 0 Å². The number of fused-ring (bicyclic) bond motifs is 1. The van der Waals surface area contributed by atoms with E-state index in [4.69, 9.17) is 0 Å². The maximum atomic E-state index is 4.47. The van der Waals surface area contributed by atoms with Crippen LogP contribution in [0.15, 0.2) is 53.5 Å². The molecule has 0 aliphatic carbocycles. The lowest BCUT2D eigenvalue weighted by Gasteiger charge is -1.92. The van der Waals surface area contributed by atoms with Gasteiger partial charge in [0.15, 0.2) is 0 Å². The predicted molar refractivity (Wildman–Crippen MR) is 78.1 cm³/mol. The first-order valence-electron chi connectivity index (χ1n) is 5.77. The number of aryl methyl sites for hydroxylation is 1. The molecule has 3 heteroatoms. The minimum Gasteiger partial charge on any atom is -0.227 e. The molecule has 0 aliphatic rings. The molecular formula is C15H12N2S. The molecule has 2 aromatic carbocycles. The molecule has 0 spiro atoms. The lowest BCUT2D eigenvalue weighted by molar-refractivity contribution is 1.41. The molecule has 0 aliphatic heterocycles. The minimum absolute atomic E-state index is 0.803. The number of para-hydroxylation sites is 1. The zero-order valence-corrected chi connectivity index (χ0v) is 10.8. The van der Waals surface area contributed by atoms with Crippen LogP contribution in [0.3, 0.4) is 0 Å². The van der Waals surface area contributed by atoms with E-state index >= 15 is 0 Å². The zero-order chi connectivity index (χ0) is 12.4. The highest BCUT2D eigenvalue weighted by Gasteiger charge is 2.00. The van der Waals surface area contributed by atoms with Crippen LogP contribution < -0.4 is 0 Å². The maximum Gasteiger partial charge on any atom is 0.210 e. The van der Waals surface area contributed by atoms with Gasteiger partial charge in [0.05, 0.1) is 10.2 Å². The summed E-state index contributed by atoms with van der Waals surface area (Å²) in [5.41, 5.74) is 3.37. The summed E-state index contributed by atoms with van der Waals surface area (Å²) in [7, 11) is 0. The van der Waals surface area contributed by atoms with Crippen molar-refractivity contribution in [3.63, 3.8) is 0 Å². The first-order valence-corrected chi connectivity index (χ1v) is 6.59. The molecule has 2 nitrogen and oxygen atoms in total. The Morgan fingerprint density at radius 3 is 2.61 bits per heavy atom. The Hall–Kier alpha value is -2.00. The number of hydrogen-bond acceptors (Lipinski definition) is 3. The Bertz CT molecular complexity index is 663. The molecule has 88 valence electrons. The normalized spacial score (nSPS) is 11.4. The Morgan fingerprint density at radius 2 is 1.83 bits per heavy atom. The highest BCUT2D eigenvalue weighted by molar-refractivity contribution is 7.22. The van der Waals surface area contributed by atoms with Gasteiger partial charge < -0.3 is 0 Å². The van der Waals surface area contributed by atoms with Gasteiger partial charge in [0, 0.05) is 6.21 Å². The van der Waals surface area contributed by atoms with Crippen molar-refractivity contribution in [1.29, 1.82) is 0 Å². The first kappa shape index (κ1) is 11.1. The van der Waals surface area contributed by atoms with Crippen LogP contribution in [-0.2, 0) is 0 Å². The van der Waals surface area contributed by atoms with Crippen LogP contribution in [0, 0.1) is 6.92 Å². The zero-order valence-electron chi connectivity index (χ0n) is 10.00. The van der Waals surface area contributed by atoms with Crippen molar-refractivity contribution in [2.24, 2.45) is 4.99 Å². The van der Waals surface area contributed by atoms with Gasteiger partial charge in [-0.1, -0.05) is 53.3 Å². The van der Waals surface area contributed by atoms with Crippen molar-refractivity contribution in [3.05, 3.63) is 59.7 Å². The van der Waals surface area contributed by atoms with E-state index in [2.05, 4.69) is 47.2 Å². The molecule has 18 heavy (non-hydrogen) atoms. The predicted octanol–water partition coefficient (Wildman–Crippen LogP) is 4.36. The molecule has 0 bridgehead atoms. The molecule has 0 atom stereocenters. The molecule has 1 heterocycles. The summed E-state index contributed by atoms with van der Waals surface area (Å²) in [5.74, 6) is 0. The summed E-state index contributed by atoms with van der Waals surface area (Å²) < 4.78 is 1.17. The van der Waals surface area contributed by atoms with Gasteiger partial charge in [-0.25, -0.2) is 9.98 Å². The largest absolute Gasteiger partial charge is 0.227 e. The molecule has 0 saturated heterocycles. The van der Waals surface area contributed by atoms with Crippen molar-refractivity contribution in [2.45, 2.75) is 6.92 Å². The Balaban J connectivity index is 1.89. The third-order valence-electron chi connectivity index (χ3n) is 2.68. The third-order valence-corrected chi connectivity index (χ3v) is 3.63. The molecule has 0 saturated carbocycles. The highest BCUT2D eigenvalue weighted by Crippen LogP contribution is 2.27. The fourth-order valence-electron chi connectivity index (χ4n) is 1.70. The van der Waals surface area contributed by atoms with Gasteiger partial charge in [0.25, 0.3) is 0 Å². The lowest BCUT2D eigenvalue weighted by Crippen LogP contribution is -1.79. The van der Waals surface area contributed by atoms with Gasteiger partial charge in [-0.2, -0.15) is 0 Å². The summed E-state index contributed by atoms with van der Waals surface area (Å²) in [5, 5.41) is 0.803. The second kappa shape index (κ2) is 4.70. The standard InChI is InChI=1S/C15H12N2S/c1-11-6-8-12(9-7-11)10-16-15-17-13-4-2-3-5-14(13)18-15/h2-10H,1H3/b16-10-. The molecular weight excluding hydrogens is 240 g/mol. The topological polar surface area (TPSA) is 25.2 Å². The summed E-state index contributed by atoms with van der Waals surface area (Å²) >= 11 is 1.61. The Morgan fingerprint density at radius 1 is 1.06 bits per heavy atom. The molecule has 3 aromatic rings. The minimum atomic E-state index is 0.803. The quantitative estimate of drug-likeness (QED) is 0.622. The van der Waals surface area contributed by atoms with Crippen molar-refractivity contribution >= 4 is 32.9 Å². The average molecular weight is 252 g/mol. The summed E-state index contributed by atoms with van der Waals surface area (Å²) in [4.78, 5) is 8.89. The smallest absolute Gasteiger partial charge is 0.210 e. The number of aromatic nitrogens is 1. The van der Waals surface area contributed by atoms with Gasteiger partial charge >= 0.3 is 0 Å². The second-order valence-corrected chi connectivity index (χ2v) is 5.14. The molecule has 0 radical (unpaired) electrons. The summed E-state index contributed by atoms with van der Waals surface area (Å²) in [6, 6.07) is 16.4. The van der Waals surface area contributed by atoms with Crippen LogP contribution in [0.5, 0.6) is 0 Å². The van der Waals surface area contributed by atoms with E-state index in [1.165, 1.54) is 10.3 Å². The maximum absolute atomic E-state index is 4.47. The fourth-order valence-corrected chi connectivity index (χ4v) is 2.51. The number of rotatable bonds is 2. The van der Waals surface area contributed by atoms with Crippen molar-refractivity contribution in [1.82, 2.24) is 4.98 Å². The number of benzene rings is 2. The number of nitrogens with zero attached hydrogens (tertiary/aromatic N) is 2. The van der Waals surface area contributed by atoms with Crippen molar-refractivity contribution in [2.75, 3.05) is 0 Å². The van der Waals surface area contributed by atoms with Crippen LogP contribution >= 0.6 is 11.3 Å². The third kappa shape index (κ3) is 2.31. The van der Waals surface area contributed by atoms with E-state index in [9.17, 15) is 0 Å². The molecule has 0 amide bonds. The SMILES string of the molecule is Cc1ccc(/C=N\c2nc3ccccc3s2)cc1. The van der Waals surface area contributed by atoms with Gasteiger partial charge in [-0.3, -0.25) is 0 Å². The van der Waals surface area contributed by atoms with Crippen LogP contribution in [-0.4, -0.2) is 11.2 Å². The number of aliphatic imine (C=N–C) groups is 1. The summed E-state index contributed by atoms with van der Waals surface area (Å²) in [6.07, 6.45) is 1.86. The van der Waals surface area contributed by atoms with Gasteiger partial charge in [-0.05, 0) is 24.6 Å². The van der Waals surface area contributed by atoms with Crippen molar-refractivity contribution < 1.29 is 0 Å². The highest BCUT2D eigenvalue weighted by atomic mass is 32.1. The first-order chi connectivity index (χ1) is 8.81. The van der Waals surface area contributed by atoms with Gasteiger partial charge in [-0.15, -0.1) is 0 Å². The molecule has 0 fully saturated rings. The average Bonchev–Trinajstić information content (AvgIpc) is 2.81. The molecule has 0 N–H and O–H groups in total. The second-order valence-electron chi connectivity index (χ2n) is 4.13. The van der Waals surface area contributed by atoms with Gasteiger partial charge in [0.1, 0.15) is 0 Å². The van der Waals surface area contributed by atoms with E-state index in [1.807, 2.05) is 24.4 Å². The fraction of sp³-hybridized carbons (Fsp3) is 0.0667. The molecule has 1 aromatic heterocycles. The molecule has 3 rings (SSSR count). The van der Waals surface area contributed by atoms with Crippen molar-refractivity contribution in [3.8, 4) is 0 Å².